The summed E-state index contributed by atoms with van der Waals surface area (Å²) in [5.41, 5.74) is 0. The molecule has 2 unspecified atom stereocenters. The smallest absolute Gasteiger partial charge is 0.317 e. The Morgan fingerprint density at radius 1 is 1.38 bits per heavy atom. The average Bonchev–Trinajstić information content (AvgIpc) is 2.17. The highest BCUT2D eigenvalue weighted by atomic mass is 16.2. The summed E-state index contributed by atoms with van der Waals surface area (Å²) in [6.07, 6.45) is 4.96. The third-order valence-corrected chi connectivity index (χ3v) is 3.57. The molecule has 0 aromatic heterocycles. The Labute approximate surface area is 79.5 Å². The van der Waals surface area contributed by atoms with Gasteiger partial charge in [0.15, 0.2) is 0 Å². The fourth-order valence-electron chi connectivity index (χ4n) is 2.78. The summed E-state index contributed by atoms with van der Waals surface area (Å²) in [7, 11) is 1.72. The lowest BCUT2D eigenvalue weighted by molar-refractivity contribution is -0.0154. The van der Waals surface area contributed by atoms with Crippen molar-refractivity contribution >= 4 is 6.03 Å². The van der Waals surface area contributed by atoms with E-state index in [1.165, 1.54) is 25.7 Å². The van der Waals surface area contributed by atoms with Gasteiger partial charge in [0.05, 0.1) is 0 Å². The summed E-state index contributed by atoms with van der Waals surface area (Å²) in [6, 6.07) is 1.21. The molecule has 74 valence electrons. The lowest BCUT2D eigenvalue weighted by Gasteiger charge is -2.55. The molecule has 1 aliphatic carbocycles. The Morgan fingerprint density at radius 2 is 2.00 bits per heavy atom. The van der Waals surface area contributed by atoms with Crippen LogP contribution in [0.3, 0.4) is 0 Å². The van der Waals surface area contributed by atoms with Crippen LogP contribution < -0.4 is 5.32 Å². The zero-order valence-electron chi connectivity index (χ0n) is 8.42. The number of nitrogens with one attached hydrogen (secondary N) is 1. The van der Waals surface area contributed by atoms with E-state index in [1.54, 1.807) is 7.05 Å². The molecule has 0 spiro atoms. The molecule has 13 heavy (non-hydrogen) atoms. The largest absolute Gasteiger partial charge is 0.341 e. The quantitative estimate of drug-likeness (QED) is 0.656. The molecule has 2 heterocycles. The molecule has 3 aliphatic rings. The third kappa shape index (κ3) is 1.30. The van der Waals surface area contributed by atoms with Crippen molar-refractivity contribution in [2.45, 2.75) is 44.7 Å². The highest BCUT2D eigenvalue weighted by Crippen LogP contribution is 2.42. The van der Waals surface area contributed by atoms with Crippen LogP contribution in [-0.4, -0.2) is 30.1 Å². The molecule has 2 saturated heterocycles. The fraction of sp³-hybridized carbons (Fsp3) is 0.900. The van der Waals surface area contributed by atoms with Crippen molar-refractivity contribution in [3.05, 3.63) is 0 Å². The van der Waals surface area contributed by atoms with Crippen LogP contribution in [0, 0.1) is 5.92 Å². The van der Waals surface area contributed by atoms with Crippen LogP contribution in [0.25, 0.3) is 0 Å². The van der Waals surface area contributed by atoms with Gasteiger partial charge >= 0.3 is 6.03 Å². The molecule has 2 atom stereocenters. The van der Waals surface area contributed by atoms with E-state index >= 15 is 0 Å². The Kier molecular flexibility index (Phi) is 2.18. The second-order valence-electron chi connectivity index (χ2n) is 4.25. The summed E-state index contributed by atoms with van der Waals surface area (Å²) in [4.78, 5) is 13.5. The first-order valence-corrected chi connectivity index (χ1v) is 5.26. The van der Waals surface area contributed by atoms with Gasteiger partial charge in [0, 0.05) is 19.1 Å². The lowest BCUT2D eigenvalue weighted by atomic mass is 9.73. The predicted octanol–water partition coefficient (Wildman–Crippen LogP) is 1.59. The Balaban J connectivity index is 1.95. The highest BCUT2D eigenvalue weighted by molar-refractivity contribution is 5.75. The number of carbonyl (C=O) groups is 1. The van der Waals surface area contributed by atoms with Crippen LogP contribution in [0.15, 0.2) is 0 Å². The minimum absolute atomic E-state index is 0.121. The molecule has 2 bridgehead atoms. The van der Waals surface area contributed by atoms with Gasteiger partial charge in [-0.2, -0.15) is 0 Å². The minimum atomic E-state index is 0.121. The molecule has 3 heteroatoms. The van der Waals surface area contributed by atoms with Gasteiger partial charge in [-0.25, -0.2) is 4.79 Å². The van der Waals surface area contributed by atoms with Crippen LogP contribution >= 0.6 is 0 Å². The second-order valence-corrected chi connectivity index (χ2v) is 4.25. The Morgan fingerprint density at radius 3 is 2.46 bits per heavy atom. The lowest BCUT2D eigenvalue weighted by Crippen LogP contribution is -2.64. The van der Waals surface area contributed by atoms with E-state index in [1.807, 2.05) is 4.90 Å². The number of piperidine rings is 1. The van der Waals surface area contributed by atoms with Gasteiger partial charge in [-0.3, -0.25) is 0 Å². The Hall–Kier alpha value is -0.730. The summed E-state index contributed by atoms with van der Waals surface area (Å²) in [6.45, 7) is 2.25. The first kappa shape index (κ1) is 8.85. The van der Waals surface area contributed by atoms with Crippen LogP contribution in [0.1, 0.15) is 32.6 Å². The van der Waals surface area contributed by atoms with Crippen molar-refractivity contribution < 1.29 is 4.79 Å². The molecule has 0 radical (unpaired) electrons. The van der Waals surface area contributed by atoms with Gasteiger partial charge in [-0.1, -0.05) is 13.3 Å². The van der Waals surface area contributed by atoms with Gasteiger partial charge in [-0.15, -0.1) is 0 Å². The van der Waals surface area contributed by atoms with Gasteiger partial charge in [0.25, 0.3) is 0 Å². The SMILES string of the molecule is CCC1CC2CC(C1)N2C(=O)NC. The van der Waals surface area contributed by atoms with Crippen LogP contribution in [0.5, 0.6) is 0 Å². The molecule has 2 amide bonds. The molecule has 3 nitrogen and oxygen atoms in total. The van der Waals surface area contributed by atoms with Crippen molar-refractivity contribution in [2.75, 3.05) is 7.05 Å². The molecule has 0 aromatic carbocycles. The van der Waals surface area contributed by atoms with E-state index in [9.17, 15) is 4.79 Å². The van der Waals surface area contributed by atoms with Gasteiger partial charge in [0.2, 0.25) is 0 Å². The second kappa shape index (κ2) is 3.20. The first-order valence-electron chi connectivity index (χ1n) is 5.26. The summed E-state index contributed by atoms with van der Waals surface area (Å²) in [5, 5.41) is 2.72. The zero-order valence-corrected chi connectivity index (χ0v) is 8.42. The highest BCUT2D eigenvalue weighted by Gasteiger charge is 2.46. The van der Waals surface area contributed by atoms with Crippen LogP contribution in [-0.2, 0) is 0 Å². The minimum Gasteiger partial charge on any atom is -0.341 e. The number of hydrogen-bond acceptors (Lipinski definition) is 1. The van der Waals surface area contributed by atoms with Crippen LogP contribution in [0.2, 0.25) is 0 Å². The third-order valence-electron chi connectivity index (χ3n) is 3.57. The van der Waals surface area contributed by atoms with Crippen molar-refractivity contribution in [1.29, 1.82) is 0 Å². The number of fused-ring (bicyclic) bond motifs is 2. The molecule has 1 saturated carbocycles. The number of hydrogen-bond donors (Lipinski definition) is 1. The molecule has 2 aliphatic heterocycles. The molecule has 3 fully saturated rings. The van der Waals surface area contributed by atoms with Gasteiger partial charge in [-0.05, 0) is 25.2 Å². The average molecular weight is 182 g/mol. The number of nitrogens with zero attached hydrogens (tertiary/aromatic N) is 1. The monoisotopic (exact) mass is 182 g/mol. The van der Waals surface area contributed by atoms with Crippen LogP contribution in [0.4, 0.5) is 4.79 Å². The maximum Gasteiger partial charge on any atom is 0.317 e. The number of urea groups is 1. The number of amides is 2. The molecule has 1 N–H and O–H groups in total. The van der Waals surface area contributed by atoms with E-state index in [4.69, 9.17) is 0 Å². The van der Waals surface area contributed by atoms with E-state index < -0.39 is 0 Å². The predicted molar refractivity (Wildman–Crippen MR) is 51.5 cm³/mol. The van der Waals surface area contributed by atoms with E-state index in [0.717, 1.165) is 5.92 Å². The molecular weight excluding hydrogens is 164 g/mol. The van der Waals surface area contributed by atoms with E-state index in [0.29, 0.717) is 12.1 Å². The molecule has 3 rings (SSSR count). The normalized spacial score (nSPS) is 36.8. The number of rotatable bonds is 1. The number of carbonyl (C=O) groups excluding carboxylic acids is 1. The Bertz CT molecular complexity index is 205. The maximum absolute atomic E-state index is 11.4. The van der Waals surface area contributed by atoms with E-state index in [2.05, 4.69) is 12.2 Å². The topological polar surface area (TPSA) is 32.3 Å². The van der Waals surface area contributed by atoms with Crippen molar-refractivity contribution in [3.63, 3.8) is 0 Å². The van der Waals surface area contributed by atoms with Crippen molar-refractivity contribution in [2.24, 2.45) is 5.92 Å². The summed E-state index contributed by atoms with van der Waals surface area (Å²) < 4.78 is 0. The maximum atomic E-state index is 11.4. The first-order chi connectivity index (χ1) is 6.26. The van der Waals surface area contributed by atoms with Gasteiger partial charge < -0.3 is 10.2 Å². The summed E-state index contributed by atoms with van der Waals surface area (Å²) >= 11 is 0. The molecule has 0 aromatic rings. The van der Waals surface area contributed by atoms with E-state index in [-0.39, 0.29) is 6.03 Å². The molecular formula is C10H18N2O. The summed E-state index contributed by atoms with van der Waals surface area (Å²) in [5.74, 6) is 0.865. The van der Waals surface area contributed by atoms with Gasteiger partial charge in [0.1, 0.15) is 0 Å². The van der Waals surface area contributed by atoms with Crippen molar-refractivity contribution in [1.82, 2.24) is 10.2 Å². The van der Waals surface area contributed by atoms with Crippen molar-refractivity contribution in [3.8, 4) is 0 Å². The zero-order chi connectivity index (χ0) is 9.42. The fourth-order valence-corrected chi connectivity index (χ4v) is 2.78. The standard InChI is InChI=1S/C10H18N2O/c1-3-7-4-8-6-9(5-7)12(8)10(13)11-2/h7-9H,3-6H2,1-2H3,(H,11,13).